The van der Waals surface area contributed by atoms with Crippen LogP contribution in [0.5, 0.6) is 0 Å². The molecule has 0 spiro atoms. The monoisotopic (exact) mass is 373 g/mol. The molecule has 0 aromatic rings. The number of hydrogen-bond acceptors (Lipinski definition) is 2. The van der Waals surface area contributed by atoms with Gasteiger partial charge in [-0.3, -0.25) is 4.79 Å². The fourth-order valence-corrected chi connectivity index (χ4v) is 9.15. The highest BCUT2D eigenvalue weighted by Crippen LogP contribution is 2.68. The van der Waals surface area contributed by atoms with Crippen molar-refractivity contribution < 1.29 is 4.79 Å². The van der Waals surface area contributed by atoms with Gasteiger partial charge in [-0.2, -0.15) is 0 Å². The zero-order valence-electron chi connectivity index (χ0n) is 18.3. The highest BCUT2D eigenvalue weighted by molar-refractivity contribution is 5.86. The summed E-state index contributed by atoms with van der Waals surface area (Å²) in [5, 5.41) is 0. The fourth-order valence-electron chi connectivity index (χ4n) is 9.15. The zero-order chi connectivity index (χ0) is 19.4. The van der Waals surface area contributed by atoms with Crippen molar-refractivity contribution in [3.8, 4) is 0 Å². The molecule has 0 bridgehead atoms. The molecule has 154 valence electrons. The van der Waals surface area contributed by atoms with Gasteiger partial charge in [0.05, 0.1) is 0 Å². The van der Waals surface area contributed by atoms with Crippen LogP contribution in [0.3, 0.4) is 0 Å². The summed E-state index contributed by atoms with van der Waals surface area (Å²) in [6, 6.07) is 0. The van der Waals surface area contributed by atoms with Crippen LogP contribution in [0.15, 0.2) is 0 Å². The molecule has 9 atom stereocenters. The molecule has 4 aliphatic rings. The maximum atomic E-state index is 13.9. The number of carbonyl (C=O) groups excluding carboxylic acids is 1. The standard InChI is InChI=1S/C25H43NO/c1-5-17-19-8-6-7-13-24(19,3)21-11-14-25(4)18(16(2)12-15-26)9-10-20(25)22(21)23(17)27/h16-22H,5-15,26H2,1-4H3/t16-,17-,18?,19?,20?,21+,22?,24?,25?/m1/s1. The fraction of sp³-hybridized carbons (Fsp3) is 0.960. The van der Waals surface area contributed by atoms with Crippen LogP contribution in [0.2, 0.25) is 0 Å². The molecule has 4 aliphatic carbocycles. The molecule has 4 fully saturated rings. The molecule has 0 aromatic heterocycles. The lowest BCUT2D eigenvalue weighted by Gasteiger charge is -2.62. The Morgan fingerprint density at radius 3 is 2.44 bits per heavy atom. The first-order chi connectivity index (χ1) is 12.9. The Hall–Kier alpha value is -0.370. The Balaban J connectivity index is 1.68. The number of nitrogens with two attached hydrogens (primary N) is 1. The number of carbonyl (C=O) groups is 1. The first-order valence-electron chi connectivity index (χ1n) is 12.1. The minimum Gasteiger partial charge on any atom is -0.330 e. The number of hydrogen-bond donors (Lipinski definition) is 1. The van der Waals surface area contributed by atoms with Crippen LogP contribution in [0.25, 0.3) is 0 Å². The molecule has 2 heteroatoms. The maximum Gasteiger partial charge on any atom is 0.139 e. The Morgan fingerprint density at radius 1 is 1.00 bits per heavy atom. The van der Waals surface area contributed by atoms with E-state index in [1.165, 1.54) is 51.4 Å². The molecular weight excluding hydrogens is 330 g/mol. The van der Waals surface area contributed by atoms with Crippen molar-refractivity contribution >= 4 is 5.78 Å². The van der Waals surface area contributed by atoms with E-state index in [1.807, 2.05) is 0 Å². The van der Waals surface area contributed by atoms with Crippen LogP contribution >= 0.6 is 0 Å². The average molecular weight is 374 g/mol. The third kappa shape index (κ3) is 2.79. The third-order valence-electron chi connectivity index (χ3n) is 10.4. The molecule has 4 saturated carbocycles. The van der Waals surface area contributed by atoms with Crippen molar-refractivity contribution in [1.82, 2.24) is 0 Å². The lowest BCUT2D eigenvalue weighted by molar-refractivity contribution is -0.168. The van der Waals surface area contributed by atoms with Gasteiger partial charge in [0.2, 0.25) is 0 Å². The summed E-state index contributed by atoms with van der Waals surface area (Å²) in [4.78, 5) is 13.9. The molecule has 0 radical (unpaired) electrons. The molecular formula is C25H43NO. The molecule has 0 heterocycles. The van der Waals surface area contributed by atoms with E-state index in [1.54, 1.807) is 0 Å². The second kappa shape index (κ2) is 7.15. The smallest absolute Gasteiger partial charge is 0.139 e. The van der Waals surface area contributed by atoms with E-state index < -0.39 is 0 Å². The van der Waals surface area contributed by atoms with Crippen molar-refractivity contribution in [2.24, 2.45) is 58.0 Å². The van der Waals surface area contributed by atoms with E-state index in [4.69, 9.17) is 5.73 Å². The highest BCUT2D eigenvalue weighted by Gasteiger charge is 2.64. The van der Waals surface area contributed by atoms with Gasteiger partial charge in [0.1, 0.15) is 5.78 Å². The van der Waals surface area contributed by atoms with Gasteiger partial charge in [-0.1, -0.05) is 40.5 Å². The van der Waals surface area contributed by atoms with Gasteiger partial charge in [0, 0.05) is 11.8 Å². The van der Waals surface area contributed by atoms with Crippen molar-refractivity contribution in [2.45, 2.75) is 91.9 Å². The topological polar surface area (TPSA) is 43.1 Å². The van der Waals surface area contributed by atoms with Crippen LogP contribution < -0.4 is 5.73 Å². The van der Waals surface area contributed by atoms with Crippen molar-refractivity contribution in [2.75, 3.05) is 6.54 Å². The van der Waals surface area contributed by atoms with E-state index in [0.717, 1.165) is 25.3 Å². The molecule has 0 amide bonds. The summed E-state index contributed by atoms with van der Waals surface area (Å²) in [7, 11) is 0. The van der Waals surface area contributed by atoms with E-state index in [9.17, 15) is 4.79 Å². The summed E-state index contributed by atoms with van der Waals surface area (Å²) in [6.07, 6.45) is 12.9. The quantitative estimate of drug-likeness (QED) is 0.673. The van der Waals surface area contributed by atoms with Gasteiger partial charge < -0.3 is 5.73 Å². The molecule has 27 heavy (non-hydrogen) atoms. The van der Waals surface area contributed by atoms with Crippen molar-refractivity contribution in [3.05, 3.63) is 0 Å². The van der Waals surface area contributed by atoms with Crippen LogP contribution in [0.1, 0.15) is 91.9 Å². The lowest BCUT2D eigenvalue weighted by Crippen LogP contribution is -2.59. The SMILES string of the molecule is CC[C@H]1C(=O)C2C3CCC([C@H](C)CCN)C3(C)CC[C@@H]2C2(C)CCCCC12. The van der Waals surface area contributed by atoms with Crippen molar-refractivity contribution in [3.63, 3.8) is 0 Å². The first-order valence-corrected chi connectivity index (χ1v) is 12.1. The Bertz CT molecular complexity index is 573. The largest absolute Gasteiger partial charge is 0.330 e. The highest BCUT2D eigenvalue weighted by atomic mass is 16.1. The summed E-state index contributed by atoms with van der Waals surface area (Å²) in [5.74, 6) is 4.86. The summed E-state index contributed by atoms with van der Waals surface area (Å²) >= 11 is 0. The number of Topliss-reactive ketones (excluding diaryl/α,β-unsaturated/α-hetero) is 1. The van der Waals surface area contributed by atoms with E-state index >= 15 is 0 Å². The third-order valence-corrected chi connectivity index (χ3v) is 10.4. The second-order valence-corrected chi connectivity index (χ2v) is 11.3. The molecule has 2 nitrogen and oxygen atoms in total. The molecule has 4 rings (SSSR count). The maximum absolute atomic E-state index is 13.9. The normalized spacial score (nSPS) is 50.6. The van der Waals surface area contributed by atoms with Crippen LogP contribution in [-0.2, 0) is 4.79 Å². The predicted octanol–water partition coefficient (Wildman–Crippen LogP) is 5.84. The molecule has 0 saturated heterocycles. The Kier molecular flexibility index (Phi) is 5.28. The lowest BCUT2D eigenvalue weighted by atomic mass is 9.42. The van der Waals surface area contributed by atoms with Gasteiger partial charge in [-0.25, -0.2) is 0 Å². The minimum atomic E-state index is 0.347. The van der Waals surface area contributed by atoms with E-state index in [0.29, 0.717) is 52.1 Å². The number of fused-ring (bicyclic) bond motifs is 5. The van der Waals surface area contributed by atoms with Crippen LogP contribution in [-0.4, -0.2) is 12.3 Å². The number of ketones is 1. The van der Waals surface area contributed by atoms with Gasteiger partial charge in [0.25, 0.3) is 0 Å². The van der Waals surface area contributed by atoms with Crippen molar-refractivity contribution in [1.29, 1.82) is 0 Å². The first kappa shape index (κ1) is 19.9. The van der Waals surface area contributed by atoms with E-state index in [-0.39, 0.29) is 0 Å². The predicted molar refractivity (Wildman–Crippen MR) is 112 cm³/mol. The van der Waals surface area contributed by atoms with Crippen LogP contribution in [0.4, 0.5) is 0 Å². The summed E-state index contributed by atoms with van der Waals surface area (Å²) < 4.78 is 0. The Morgan fingerprint density at radius 2 is 1.74 bits per heavy atom. The number of rotatable bonds is 4. The zero-order valence-corrected chi connectivity index (χ0v) is 18.3. The van der Waals surface area contributed by atoms with Gasteiger partial charge in [-0.15, -0.1) is 0 Å². The average Bonchev–Trinajstić information content (AvgIpc) is 3.00. The molecule has 6 unspecified atom stereocenters. The van der Waals surface area contributed by atoms with Crippen LogP contribution in [0, 0.1) is 52.3 Å². The van der Waals surface area contributed by atoms with Gasteiger partial charge in [-0.05, 0) is 98.3 Å². The molecule has 0 aromatic carbocycles. The Labute approximate surface area is 167 Å². The minimum absolute atomic E-state index is 0.347. The summed E-state index contributed by atoms with van der Waals surface area (Å²) in [5.41, 5.74) is 6.72. The van der Waals surface area contributed by atoms with E-state index in [2.05, 4.69) is 27.7 Å². The molecule has 2 N–H and O–H groups in total. The second-order valence-electron chi connectivity index (χ2n) is 11.3. The molecule has 0 aliphatic heterocycles. The summed E-state index contributed by atoms with van der Waals surface area (Å²) in [6.45, 7) is 10.7. The van der Waals surface area contributed by atoms with Gasteiger partial charge in [0.15, 0.2) is 0 Å². The van der Waals surface area contributed by atoms with Gasteiger partial charge >= 0.3 is 0 Å².